The molecule has 0 aromatic heterocycles. The number of hydrogen-bond donors (Lipinski definition) is 1. The van der Waals surface area contributed by atoms with Gasteiger partial charge in [0.25, 0.3) is 0 Å². The molecule has 1 N–H and O–H groups in total. The standard InChI is InChI=1S/C31H48O9/c1-3-4-5-6-7-8-9-10-11-12-13-14-15-19-22-36-30(34)40-27-26(39-28(32)31(27,2)35)24-38-29(33)37-23-25-20-17-16-18-21-25/h16-18,20-21,26-27,35H,3-15,19,22-24H2,1-2H3/t26-,27-,31+/m1/s1. The molecule has 0 bridgehead atoms. The Morgan fingerprint density at radius 3 is 1.93 bits per heavy atom. The Balaban J connectivity index is 1.55. The van der Waals surface area contributed by atoms with Crippen molar-refractivity contribution in [3.63, 3.8) is 0 Å². The molecule has 9 heteroatoms. The van der Waals surface area contributed by atoms with E-state index >= 15 is 0 Å². The quantitative estimate of drug-likeness (QED) is 0.101. The molecule has 1 aromatic carbocycles. The number of hydrogen-bond acceptors (Lipinski definition) is 9. The molecular formula is C31H48O9. The van der Waals surface area contributed by atoms with Crippen LogP contribution in [0.1, 0.15) is 109 Å². The van der Waals surface area contributed by atoms with Gasteiger partial charge in [0.1, 0.15) is 13.2 Å². The molecule has 226 valence electrons. The lowest BCUT2D eigenvalue weighted by Crippen LogP contribution is -2.47. The number of aliphatic hydroxyl groups is 1. The van der Waals surface area contributed by atoms with Crippen LogP contribution in [0.25, 0.3) is 0 Å². The van der Waals surface area contributed by atoms with Crippen molar-refractivity contribution in [2.24, 2.45) is 0 Å². The highest BCUT2D eigenvalue weighted by atomic mass is 16.8. The highest BCUT2D eigenvalue weighted by Crippen LogP contribution is 2.29. The van der Waals surface area contributed by atoms with E-state index in [1.165, 1.54) is 77.6 Å². The average molecular weight is 565 g/mol. The topological polar surface area (TPSA) is 118 Å². The van der Waals surface area contributed by atoms with E-state index in [0.29, 0.717) is 6.42 Å². The van der Waals surface area contributed by atoms with Crippen LogP contribution >= 0.6 is 0 Å². The van der Waals surface area contributed by atoms with Crippen LogP contribution in [-0.2, 0) is 35.1 Å². The van der Waals surface area contributed by atoms with E-state index < -0.39 is 42.7 Å². The summed E-state index contributed by atoms with van der Waals surface area (Å²) in [7, 11) is 0. The SMILES string of the molecule is CCCCCCCCCCCCCCCCOC(=O)O[C@@H]1[C@@H](COC(=O)OCc2ccccc2)OC(=O)[C@@]1(C)O. The Morgan fingerprint density at radius 2 is 1.35 bits per heavy atom. The lowest BCUT2D eigenvalue weighted by molar-refractivity contribution is -0.155. The molecule has 0 radical (unpaired) electrons. The minimum absolute atomic E-state index is 0.00729. The van der Waals surface area contributed by atoms with Gasteiger partial charge in [0.05, 0.1) is 6.61 Å². The zero-order valence-corrected chi connectivity index (χ0v) is 24.3. The fraction of sp³-hybridized carbons (Fsp3) is 0.710. The van der Waals surface area contributed by atoms with Gasteiger partial charge >= 0.3 is 18.3 Å². The molecule has 0 spiro atoms. The van der Waals surface area contributed by atoms with Crippen molar-refractivity contribution >= 4 is 18.3 Å². The Bertz CT molecular complexity index is 856. The maximum Gasteiger partial charge on any atom is 0.508 e. The number of rotatable bonds is 20. The molecule has 1 saturated heterocycles. The number of carbonyl (C=O) groups is 3. The summed E-state index contributed by atoms with van der Waals surface area (Å²) in [5.74, 6) is -0.983. The van der Waals surface area contributed by atoms with Crippen molar-refractivity contribution in [2.75, 3.05) is 13.2 Å². The molecule has 0 unspecified atom stereocenters. The molecule has 1 aliphatic heterocycles. The molecular weight excluding hydrogens is 516 g/mol. The monoisotopic (exact) mass is 564 g/mol. The fourth-order valence-corrected chi connectivity index (χ4v) is 4.61. The number of esters is 1. The first-order valence-corrected chi connectivity index (χ1v) is 14.9. The Hall–Kier alpha value is -2.81. The van der Waals surface area contributed by atoms with Crippen molar-refractivity contribution in [3.8, 4) is 0 Å². The van der Waals surface area contributed by atoms with Gasteiger partial charge in [0.15, 0.2) is 17.8 Å². The fourth-order valence-electron chi connectivity index (χ4n) is 4.61. The highest BCUT2D eigenvalue weighted by Gasteiger charge is 2.56. The molecule has 9 nitrogen and oxygen atoms in total. The van der Waals surface area contributed by atoms with Gasteiger partial charge in [-0.2, -0.15) is 0 Å². The van der Waals surface area contributed by atoms with Crippen molar-refractivity contribution < 1.29 is 43.2 Å². The molecule has 0 saturated carbocycles. The molecule has 1 heterocycles. The number of benzene rings is 1. The first-order valence-electron chi connectivity index (χ1n) is 14.9. The molecule has 2 rings (SSSR count). The number of ether oxygens (including phenoxy) is 5. The summed E-state index contributed by atoms with van der Waals surface area (Å²) in [6, 6.07) is 9.04. The van der Waals surface area contributed by atoms with Crippen molar-refractivity contribution in [2.45, 2.75) is 128 Å². The summed E-state index contributed by atoms with van der Waals surface area (Å²) in [5.41, 5.74) is -1.33. The van der Waals surface area contributed by atoms with Crippen LogP contribution in [0.2, 0.25) is 0 Å². The van der Waals surface area contributed by atoms with Gasteiger partial charge in [-0.3, -0.25) is 0 Å². The van der Waals surface area contributed by atoms with E-state index in [4.69, 9.17) is 23.7 Å². The van der Waals surface area contributed by atoms with Crippen LogP contribution in [0.15, 0.2) is 30.3 Å². The maximum absolute atomic E-state index is 12.2. The largest absolute Gasteiger partial charge is 0.508 e. The van der Waals surface area contributed by atoms with Gasteiger partial charge in [-0.15, -0.1) is 0 Å². The Labute approximate surface area is 238 Å². The van der Waals surface area contributed by atoms with Gasteiger partial charge in [0, 0.05) is 0 Å². The van der Waals surface area contributed by atoms with Gasteiger partial charge < -0.3 is 28.8 Å². The van der Waals surface area contributed by atoms with Gasteiger partial charge in [-0.1, -0.05) is 121 Å². The van der Waals surface area contributed by atoms with Crippen LogP contribution in [0.4, 0.5) is 9.59 Å². The minimum Gasteiger partial charge on any atom is -0.452 e. The second-order valence-electron chi connectivity index (χ2n) is 10.7. The minimum atomic E-state index is -2.10. The predicted octanol–water partition coefficient (Wildman–Crippen LogP) is 7.02. The lowest BCUT2D eigenvalue weighted by atomic mass is 9.98. The van der Waals surface area contributed by atoms with E-state index in [1.807, 2.05) is 18.2 Å². The van der Waals surface area contributed by atoms with Crippen LogP contribution < -0.4 is 0 Å². The van der Waals surface area contributed by atoms with Gasteiger partial charge in [-0.05, 0) is 18.9 Å². The normalized spacial score (nSPS) is 20.1. The summed E-state index contributed by atoms with van der Waals surface area (Å²) in [5, 5.41) is 10.5. The number of cyclic esters (lactones) is 1. The third-order valence-corrected chi connectivity index (χ3v) is 7.07. The van der Waals surface area contributed by atoms with E-state index in [1.54, 1.807) is 12.1 Å². The van der Waals surface area contributed by atoms with E-state index in [0.717, 1.165) is 18.4 Å². The highest BCUT2D eigenvalue weighted by molar-refractivity contribution is 5.83. The van der Waals surface area contributed by atoms with E-state index in [-0.39, 0.29) is 13.2 Å². The van der Waals surface area contributed by atoms with Gasteiger partial charge in [-0.25, -0.2) is 14.4 Å². The summed E-state index contributed by atoms with van der Waals surface area (Å²) in [6.45, 7) is 3.15. The van der Waals surface area contributed by atoms with Crippen LogP contribution in [0.3, 0.4) is 0 Å². The Morgan fingerprint density at radius 1 is 0.800 bits per heavy atom. The lowest BCUT2D eigenvalue weighted by Gasteiger charge is -2.23. The predicted molar refractivity (Wildman–Crippen MR) is 150 cm³/mol. The molecule has 0 amide bonds. The molecule has 40 heavy (non-hydrogen) atoms. The summed E-state index contributed by atoms with van der Waals surface area (Å²) < 4.78 is 25.4. The summed E-state index contributed by atoms with van der Waals surface area (Å²) >= 11 is 0. The van der Waals surface area contributed by atoms with Crippen LogP contribution in [0.5, 0.6) is 0 Å². The van der Waals surface area contributed by atoms with E-state index in [2.05, 4.69) is 6.92 Å². The van der Waals surface area contributed by atoms with Crippen molar-refractivity contribution in [1.82, 2.24) is 0 Å². The molecule has 0 aliphatic carbocycles. The third-order valence-electron chi connectivity index (χ3n) is 7.07. The number of carbonyl (C=O) groups excluding carboxylic acids is 3. The van der Waals surface area contributed by atoms with Crippen molar-refractivity contribution in [3.05, 3.63) is 35.9 Å². The summed E-state index contributed by atoms with van der Waals surface area (Å²) in [6.07, 6.45) is 12.5. The molecule has 1 aliphatic rings. The Kier molecular flexibility index (Phi) is 16.1. The maximum atomic E-state index is 12.2. The average Bonchev–Trinajstić information content (AvgIpc) is 3.16. The zero-order valence-electron chi connectivity index (χ0n) is 24.3. The number of unbranched alkanes of at least 4 members (excludes halogenated alkanes) is 13. The third kappa shape index (κ3) is 13.0. The molecule has 1 fully saturated rings. The van der Waals surface area contributed by atoms with Crippen LogP contribution in [0, 0.1) is 0 Å². The van der Waals surface area contributed by atoms with Crippen molar-refractivity contribution in [1.29, 1.82) is 0 Å². The second kappa shape index (κ2) is 19.3. The smallest absolute Gasteiger partial charge is 0.452 e. The van der Waals surface area contributed by atoms with Crippen LogP contribution in [-0.4, -0.2) is 54.4 Å². The first-order chi connectivity index (χ1) is 19.3. The molecule has 3 atom stereocenters. The second-order valence-corrected chi connectivity index (χ2v) is 10.7. The zero-order chi connectivity index (χ0) is 29.1. The summed E-state index contributed by atoms with van der Waals surface area (Å²) in [4.78, 5) is 36.2. The van der Waals surface area contributed by atoms with Gasteiger partial charge in [0.2, 0.25) is 0 Å². The molecule has 1 aromatic rings. The first kappa shape index (κ1) is 33.4. The van der Waals surface area contributed by atoms with E-state index in [9.17, 15) is 19.5 Å².